The molecule has 0 unspecified atom stereocenters. The van der Waals surface area contributed by atoms with Crippen molar-refractivity contribution in [1.82, 2.24) is 0 Å². The molecule has 0 aliphatic heterocycles. The van der Waals surface area contributed by atoms with E-state index in [0.29, 0.717) is 0 Å². The van der Waals surface area contributed by atoms with Gasteiger partial charge in [-0.15, -0.1) is 0 Å². The zero-order chi connectivity index (χ0) is 15.1. The van der Waals surface area contributed by atoms with E-state index in [1.165, 1.54) is 17.7 Å². The second-order valence-corrected chi connectivity index (χ2v) is 4.60. The summed E-state index contributed by atoms with van der Waals surface area (Å²) in [6.07, 6.45) is 2.19. The molecule has 0 aromatic heterocycles. The average molecular weight is 286 g/mol. The number of hydrogen-bond acceptors (Lipinski definition) is 1. The van der Waals surface area contributed by atoms with Crippen molar-refractivity contribution in [2.75, 3.05) is 0 Å². The Hall–Kier alpha value is -2.34. The molecular formula is C18H16F2O. The number of benzene rings is 2. The first-order valence-corrected chi connectivity index (χ1v) is 6.83. The molecule has 0 spiro atoms. The lowest BCUT2D eigenvalue weighted by atomic mass is 10.1. The third-order valence-electron chi connectivity index (χ3n) is 2.92. The number of halogens is 2. The van der Waals surface area contributed by atoms with Gasteiger partial charge in [0.05, 0.1) is 0 Å². The highest BCUT2D eigenvalue weighted by Crippen LogP contribution is 2.14. The summed E-state index contributed by atoms with van der Waals surface area (Å²) in [6, 6.07) is 14.4. The van der Waals surface area contributed by atoms with Crippen LogP contribution >= 0.6 is 0 Å². The summed E-state index contributed by atoms with van der Waals surface area (Å²) < 4.78 is 28.3. The smallest absolute Gasteiger partial charge is 0.387 e. The first-order chi connectivity index (χ1) is 10.2. The van der Waals surface area contributed by atoms with E-state index < -0.39 is 6.61 Å². The topological polar surface area (TPSA) is 9.23 Å². The van der Waals surface area contributed by atoms with Crippen LogP contribution in [-0.4, -0.2) is 6.61 Å². The van der Waals surface area contributed by atoms with E-state index in [1.54, 1.807) is 12.1 Å². The molecule has 0 saturated heterocycles. The van der Waals surface area contributed by atoms with Crippen molar-refractivity contribution in [3.63, 3.8) is 0 Å². The molecule has 0 bridgehead atoms. The Morgan fingerprint density at radius 2 is 1.43 bits per heavy atom. The molecule has 0 amide bonds. The maximum absolute atomic E-state index is 12.0. The molecule has 21 heavy (non-hydrogen) atoms. The number of alkyl halides is 2. The lowest BCUT2D eigenvalue weighted by Gasteiger charge is -2.03. The lowest BCUT2D eigenvalue weighted by molar-refractivity contribution is -0.0498. The van der Waals surface area contributed by atoms with E-state index in [-0.39, 0.29) is 5.75 Å². The van der Waals surface area contributed by atoms with Crippen LogP contribution in [0, 0.1) is 11.8 Å². The van der Waals surface area contributed by atoms with Gasteiger partial charge in [-0.3, -0.25) is 0 Å². The first-order valence-electron chi connectivity index (χ1n) is 6.83. The normalized spacial score (nSPS) is 10.1. The van der Waals surface area contributed by atoms with Crippen LogP contribution in [0.15, 0.2) is 48.5 Å². The molecule has 0 saturated carbocycles. The fourth-order valence-corrected chi connectivity index (χ4v) is 1.91. The summed E-state index contributed by atoms with van der Waals surface area (Å²) >= 11 is 0. The zero-order valence-corrected chi connectivity index (χ0v) is 11.8. The fourth-order valence-electron chi connectivity index (χ4n) is 1.91. The summed E-state index contributed by atoms with van der Waals surface area (Å²) in [6.45, 7) is -0.654. The number of aryl methyl sites for hydroxylation is 1. The van der Waals surface area contributed by atoms with Crippen molar-refractivity contribution in [2.45, 2.75) is 26.4 Å². The van der Waals surface area contributed by atoms with Crippen LogP contribution in [0.5, 0.6) is 5.75 Å². The lowest BCUT2D eigenvalue weighted by Crippen LogP contribution is -2.01. The molecule has 0 atom stereocenters. The van der Waals surface area contributed by atoms with Gasteiger partial charge in [-0.25, -0.2) is 0 Å². The van der Waals surface area contributed by atoms with E-state index in [2.05, 4.69) is 35.6 Å². The largest absolute Gasteiger partial charge is 0.435 e. The number of rotatable bonds is 4. The van der Waals surface area contributed by atoms with Crippen LogP contribution < -0.4 is 4.74 Å². The first kappa shape index (κ1) is 15.1. The van der Waals surface area contributed by atoms with Gasteiger partial charge in [0.1, 0.15) is 5.75 Å². The predicted molar refractivity (Wildman–Crippen MR) is 79.5 cm³/mol. The van der Waals surface area contributed by atoms with Crippen LogP contribution in [0.4, 0.5) is 8.78 Å². The molecule has 1 nitrogen and oxygen atoms in total. The monoisotopic (exact) mass is 286 g/mol. The molecule has 2 aromatic rings. The van der Waals surface area contributed by atoms with Crippen LogP contribution in [0.3, 0.4) is 0 Å². The van der Waals surface area contributed by atoms with Gasteiger partial charge in [0.25, 0.3) is 0 Å². The second-order valence-electron chi connectivity index (χ2n) is 4.60. The maximum atomic E-state index is 12.0. The second kappa shape index (κ2) is 7.44. The molecule has 0 heterocycles. The van der Waals surface area contributed by atoms with Crippen molar-refractivity contribution in [2.24, 2.45) is 0 Å². The van der Waals surface area contributed by atoms with E-state index in [1.807, 2.05) is 12.1 Å². The minimum atomic E-state index is -2.80. The van der Waals surface area contributed by atoms with Gasteiger partial charge in [0.15, 0.2) is 0 Å². The summed E-state index contributed by atoms with van der Waals surface area (Å²) in [5.41, 5.74) is 2.99. The van der Waals surface area contributed by atoms with Crippen LogP contribution in [0.1, 0.15) is 30.0 Å². The Morgan fingerprint density at radius 1 is 0.905 bits per heavy atom. The number of ether oxygens (including phenoxy) is 1. The van der Waals surface area contributed by atoms with E-state index >= 15 is 0 Å². The summed E-state index contributed by atoms with van der Waals surface area (Å²) in [5.74, 6) is 6.19. The highest BCUT2D eigenvalue weighted by atomic mass is 19.3. The summed E-state index contributed by atoms with van der Waals surface area (Å²) in [5, 5.41) is 0. The molecule has 0 fully saturated rings. The molecule has 0 N–H and O–H groups in total. The van der Waals surface area contributed by atoms with Crippen LogP contribution in [0.2, 0.25) is 0 Å². The highest BCUT2D eigenvalue weighted by Gasteiger charge is 2.02. The Kier molecular flexibility index (Phi) is 5.34. The van der Waals surface area contributed by atoms with Crippen molar-refractivity contribution in [3.8, 4) is 17.6 Å². The van der Waals surface area contributed by atoms with Crippen LogP contribution in [0.25, 0.3) is 0 Å². The van der Waals surface area contributed by atoms with E-state index in [4.69, 9.17) is 0 Å². The van der Waals surface area contributed by atoms with Crippen molar-refractivity contribution >= 4 is 0 Å². The van der Waals surface area contributed by atoms with Gasteiger partial charge in [0.2, 0.25) is 0 Å². The van der Waals surface area contributed by atoms with Gasteiger partial charge in [-0.1, -0.05) is 37.3 Å². The third-order valence-corrected chi connectivity index (χ3v) is 2.92. The van der Waals surface area contributed by atoms with E-state index in [9.17, 15) is 8.78 Å². The van der Waals surface area contributed by atoms with Gasteiger partial charge in [0, 0.05) is 11.1 Å². The van der Waals surface area contributed by atoms with Crippen molar-refractivity contribution in [1.29, 1.82) is 0 Å². The molecule has 0 aliphatic carbocycles. The van der Waals surface area contributed by atoms with Gasteiger partial charge < -0.3 is 4.74 Å². The molecule has 0 aliphatic rings. The Morgan fingerprint density at radius 3 is 1.90 bits per heavy atom. The van der Waals surface area contributed by atoms with Gasteiger partial charge in [-0.2, -0.15) is 8.78 Å². The van der Waals surface area contributed by atoms with Crippen LogP contribution in [-0.2, 0) is 6.42 Å². The quantitative estimate of drug-likeness (QED) is 0.744. The standard InChI is InChI=1S/C18H16F2O/c1-2-3-14-4-6-15(7-5-14)8-9-16-10-12-17(13-11-16)21-18(19)20/h4-7,10-13,18H,2-3H2,1H3. The summed E-state index contributed by atoms with van der Waals surface area (Å²) in [4.78, 5) is 0. The zero-order valence-electron chi connectivity index (χ0n) is 11.8. The third kappa shape index (κ3) is 4.92. The SMILES string of the molecule is CCCc1ccc(C#Cc2ccc(OC(F)F)cc2)cc1. The summed E-state index contributed by atoms with van der Waals surface area (Å²) in [7, 11) is 0. The minimum Gasteiger partial charge on any atom is -0.435 e. The van der Waals surface area contributed by atoms with Gasteiger partial charge >= 0.3 is 6.61 Å². The predicted octanol–water partition coefficient (Wildman–Crippen LogP) is 4.64. The highest BCUT2D eigenvalue weighted by molar-refractivity contribution is 5.44. The molecule has 108 valence electrons. The fraction of sp³-hybridized carbons (Fsp3) is 0.222. The number of hydrogen-bond donors (Lipinski definition) is 0. The average Bonchev–Trinajstić information content (AvgIpc) is 2.48. The molecular weight excluding hydrogens is 270 g/mol. The Balaban J connectivity index is 2.04. The molecule has 0 radical (unpaired) electrons. The van der Waals surface area contributed by atoms with Gasteiger partial charge in [-0.05, 0) is 48.4 Å². The maximum Gasteiger partial charge on any atom is 0.387 e. The van der Waals surface area contributed by atoms with Crippen molar-refractivity contribution in [3.05, 3.63) is 65.2 Å². The Labute approximate surface area is 123 Å². The van der Waals surface area contributed by atoms with Crippen molar-refractivity contribution < 1.29 is 13.5 Å². The molecule has 2 aromatic carbocycles. The minimum absolute atomic E-state index is 0.138. The molecule has 3 heteroatoms. The molecule has 2 rings (SSSR count). The van der Waals surface area contributed by atoms with E-state index in [0.717, 1.165) is 24.0 Å². The Bertz CT molecular complexity index is 619.